The van der Waals surface area contributed by atoms with Crippen LogP contribution in [0.4, 0.5) is 0 Å². The zero-order valence-electron chi connectivity index (χ0n) is 10.3. The van der Waals surface area contributed by atoms with Gasteiger partial charge in [0.15, 0.2) is 0 Å². The molecule has 0 N–H and O–H groups in total. The highest BCUT2D eigenvalue weighted by molar-refractivity contribution is 5.93. The second kappa shape index (κ2) is 6.03. The molecule has 1 aromatic carbocycles. The molecule has 0 aromatic heterocycles. The van der Waals surface area contributed by atoms with Crippen molar-refractivity contribution in [1.29, 1.82) is 0 Å². The highest BCUT2D eigenvalue weighted by Crippen LogP contribution is 2.25. The molecule has 0 bridgehead atoms. The molecule has 4 heteroatoms. The molecule has 0 heterocycles. The monoisotopic (exact) mass is 236 g/mol. The number of para-hydroxylation sites is 1. The van der Waals surface area contributed by atoms with Gasteiger partial charge in [0.05, 0.1) is 14.2 Å². The van der Waals surface area contributed by atoms with Gasteiger partial charge in [0.25, 0.3) is 0 Å². The van der Waals surface area contributed by atoms with Crippen LogP contribution in [0.5, 0.6) is 5.75 Å². The summed E-state index contributed by atoms with van der Waals surface area (Å²) in [5.74, 6) is 0.0547. The Morgan fingerprint density at radius 2 is 1.94 bits per heavy atom. The second-order valence-electron chi connectivity index (χ2n) is 3.56. The zero-order valence-corrected chi connectivity index (χ0v) is 10.3. The van der Waals surface area contributed by atoms with E-state index in [-0.39, 0.29) is 12.2 Å². The fourth-order valence-corrected chi connectivity index (χ4v) is 1.57. The van der Waals surface area contributed by atoms with Gasteiger partial charge < -0.3 is 9.47 Å². The minimum absolute atomic E-state index is 0.102. The lowest BCUT2D eigenvalue weighted by Crippen LogP contribution is -2.08. The predicted octanol–water partition coefficient (Wildman–Crippen LogP) is 2.00. The smallest absolute Gasteiger partial charge is 0.341 e. The molecule has 0 aliphatic carbocycles. The third-order valence-corrected chi connectivity index (χ3v) is 2.49. The van der Waals surface area contributed by atoms with Crippen LogP contribution in [0.2, 0.25) is 0 Å². The van der Waals surface area contributed by atoms with Crippen molar-refractivity contribution in [3.63, 3.8) is 0 Å². The Balaban J connectivity index is 3.14. The summed E-state index contributed by atoms with van der Waals surface area (Å²) >= 11 is 0. The van der Waals surface area contributed by atoms with E-state index in [2.05, 4.69) is 4.74 Å². The molecule has 0 saturated heterocycles. The van der Waals surface area contributed by atoms with Crippen molar-refractivity contribution in [2.75, 3.05) is 14.2 Å². The topological polar surface area (TPSA) is 52.6 Å². The first-order valence-corrected chi connectivity index (χ1v) is 5.39. The highest BCUT2D eigenvalue weighted by Gasteiger charge is 2.17. The molecule has 1 aromatic rings. The van der Waals surface area contributed by atoms with Crippen LogP contribution in [0.25, 0.3) is 0 Å². The van der Waals surface area contributed by atoms with Crippen molar-refractivity contribution in [3.05, 3.63) is 29.3 Å². The quantitative estimate of drug-likeness (QED) is 0.734. The normalized spacial score (nSPS) is 9.82. The van der Waals surface area contributed by atoms with Crippen LogP contribution in [0.15, 0.2) is 18.2 Å². The van der Waals surface area contributed by atoms with Gasteiger partial charge in [0.2, 0.25) is 0 Å². The molecule has 0 unspecified atom stereocenters. The average molecular weight is 236 g/mol. The number of rotatable bonds is 5. The lowest BCUT2D eigenvalue weighted by molar-refractivity contribution is -0.118. The van der Waals surface area contributed by atoms with Gasteiger partial charge >= 0.3 is 5.97 Å². The van der Waals surface area contributed by atoms with Crippen molar-refractivity contribution >= 4 is 11.8 Å². The second-order valence-corrected chi connectivity index (χ2v) is 3.56. The summed E-state index contributed by atoms with van der Waals surface area (Å²) in [6.45, 7) is 1.80. The summed E-state index contributed by atoms with van der Waals surface area (Å²) in [6, 6.07) is 5.11. The minimum Gasteiger partial charge on any atom is -0.496 e. The van der Waals surface area contributed by atoms with Gasteiger partial charge in [0, 0.05) is 18.4 Å². The molecule has 0 saturated carbocycles. The summed E-state index contributed by atoms with van der Waals surface area (Å²) in [7, 11) is 2.79. The van der Waals surface area contributed by atoms with Gasteiger partial charge in [-0.2, -0.15) is 0 Å². The van der Waals surface area contributed by atoms with Crippen molar-refractivity contribution in [1.82, 2.24) is 0 Å². The molecule has 0 fully saturated rings. The van der Waals surface area contributed by atoms with Gasteiger partial charge in [-0.15, -0.1) is 0 Å². The summed E-state index contributed by atoms with van der Waals surface area (Å²) in [4.78, 5) is 22.9. The summed E-state index contributed by atoms with van der Waals surface area (Å²) in [6.07, 6.45) is 0.732. The zero-order chi connectivity index (χ0) is 12.8. The first kappa shape index (κ1) is 13.2. The summed E-state index contributed by atoms with van der Waals surface area (Å²) < 4.78 is 9.85. The number of ether oxygens (including phenoxy) is 2. The van der Waals surface area contributed by atoms with Crippen LogP contribution >= 0.6 is 0 Å². The van der Waals surface area contributed by atoms with Gasteiger partial charge in [-0.05, 0) is 6.07 Å². The first-order chi connectivity index (χ1) is 8.13. The fraction of sp³-hybridized carbons (Fsp3) is 0.385. The molecule has 0 radical (unpaired) electrons. The Morgan fingerprint density at radius 3 is 2.47 bits per heavy atom. The first-order valence-electron chi connectivity index (χ1n) is 5.39. The molecule has 92 valence electrons. The molecule has 0 aliphatic rings. The maximum Gasteiger partial charge on any atom is 0.341 e. The van der Waals surface area contributed by atoms with Gasteiger partial charge in [-0.25, -0.2) is 4.79 Å². The standard InChI is InChI=1S/C13H16O4/c1-4-10(14)8-9-6-5-7-11(12(9)16-2)13(15)17-3/h5-7H,4,8H2,1-3H3. The number of ketones is 1. The number of hydrogen-bond donors (Lipinski definition) is 0. The van der Waals surface area contributed by atoms with E-state index in [1.54, 1.807) is 25.1 Å². The van der Waals surface area contributed by atoms with E-state index < -0.39 is 5.97 Å². The number of benzene rings is 1. The van der Waals surface area contributed by atoms with Crippen LogP contribution in [0.1, 0.15) is 29.3 Å². The Hall–Kier alpha value is -1.84. The predicted molar refractivity (Wildman–Crippen MR) is 63.3 cm³/mol. The molecule has 0 aliphatic heterocycles. The Morgan fingerprint density at radius 1 is 1.24 bits per heavy atom. The maximum absolute atomic E-state index is 11.5. The van der Waals surface area contributed by atoms with Crippen LogP contribution in [0.3, 0.4) is 0 Å². The minimum atomic E-state index is -0.465. The number of carbonyl (C=O) groups excluding carboxylic acids is 2. The largest absolute Gasteiger partial charge is 0.496 e. The molecular weight excluding hydrogens is 220 g/mol. The molecule has 0 atom stereocenters. The van der Waals surface area contributed by atoms with E-state index in [0.29, 0.717) is 23.3 Å². The van der Waals surface area contributed by atoms with E-state index in [1.807, 2.05) is 0 Å². The number of carbonyl (C=O) groups is 2. The van der Waals surface area contributed by atoms with Crippen LogP contribution in [-0.4, -0.2) is 26.0 Å². The van der Waals surface area contributed by atoms with Crippen molar-refractivity contribution in [2.24, 2.45) is 0 Å². The molecule has 0 amide bonds. The third kappa shape index (κ3) is 3.06. The van der Waals surface area contributed by atoms with Gasteiger partial charge in [-0.3, -0.25) is 4.79 Å². The molecule has 0 spiro atoms. The molecular formula is C13H16O4. The number of hydrogen-bond acceptors (Lipinski definition) is 4. The number of methoxy groups -OCH3 is 2. The third-order valence-electron chi connectivity index (χ3n) is 2.49. The number of esters is 1. The summed E-state index contributed by atoms with van der Waals surface area (Å²) in [5, 5.41) is 0. The van der Waals surface area contributed by atoms with E-state index in [0.717, 1.165) is 0 Å². The van der Waals surface area contributed by atoms with Crippen LogP contribution in [-0.2, 0) is 16.0 Å². The van der Waals surface area contributed by atoms with Gasteiger partial charge in [-0.1, -0.05) is 19.1 Å². The van der Waals surface area contributed by atoms with E-state index in [1.165, 1.54) is 14.2 Å². The molecule has 4 nitrogen and oxygen atoms in total. The van der Waals surface area contributed by atoms with Crippen molar-refractivity contribution < 1.29 is 19.1 Å². The highest BCUT2D eigenvalue weighted by atomic mass is 16.5. The lowest BCUT2D eigenvalue weighted by atomic mass is 10.0. The SMILES string of the molecule is CCC(=O)Cc1cccc(C(=O)OC)c1OC. The lowest BCUT2D eigenvalue weighted by Gasteiger charge is -2.11. The Bertz CT molecular complexity index is 423. The average Bonchev–Trinajstić information content (AvgIpc) is 2.37. The van der Waals surface area contributed by atoms with E-state index in [4.69, 9.17) is 4.74 Å². The molecule has 17 heavy (non-hydrogen) atoms. The van der Waals surface area contributed by atoms with E-state index in [9.17, 15) is 9.59 Å². The van der Waals surface area contributed by atoms with Crippen LogP contribution in [0, 0.1) is 0 Å². The van der Waals surface area contributed by atoms with Crippen molar-refractivity contribution in [2.45, 2.75) is 19.8 Å². The number of Topliss-reactive ketones (excluding diaryl/α,β-unsaturated/α-hetero) is 1. The van der Waals surface area contributed by atoms with Crippen LogP contribution < -0.4 is 4.74 Å². The fourth-order valence-electron chi connectivity index (χ4n) is 1.57. The maximum atomic E-state index is 11.5. The molecule has 1 rings (SSSR count). The Labute approximate surface area is 101 Å². The van der Waals surface area contributed by atoms with Crippen molar-refractivity contribution in [3.8, 4) is 5.75 Å². The Kier molecular flexibility index (Phi) is 4.69. The summed E-state index contributed by atoms with van der Waals surface area (Å²) in [5.41, 5.74) is 1.05. The van der Waals surface area contributed by atoms with Gasteiger partial charge in [0.1, 0.15) is 17.1 Å². The van der Waals surface area contributed by atoms with E-state index >= 15 is 0 Å².